The molecule has 1 aromatic carbocycles. The number of esters is 1. The standard InChI is InChI=1S/C12H15ClO2/c1-3-15-12(14)9(2)11-6-4-10(8-13)5-7-11/h4-7,9H,3,8H2,1-2H3/t9-/m0/s1. The van der Waals surface area contributed by atoms with Crippen molar-refractivity contribution in [2.45, 2.75) is 25.6 Å². The van der Waals surface area contributed by atoms with E-state index in [0.717, 1.165) is 11.1 Å². The smallest absolute Gasteiger partial charge is 0.313 e. The van der Waals surface area contributed by atoms with Gasteiger partial charge in [0.05, 0.1) is 12.5 Å². The molecule has 0 bridgehead atoms. The topological polar surface area (TPSA) is 26.3 Å². The average molecular weight is 227 g/mol. The molecule has 0 radical (unpaired) electrons. The number of alkyl halides is 1. The van der Waals surface area contributed by atoms with E-state index in [0.29, 0.717) is 12.5 Å². The molecule has 82 valence electrons. The van der Waals surface area contributed by atoms with Crippen molar-refractivity contribution in [2.75, 3.05) is 6.61 Å². The van der Waals surface area contributed by atoms with E-state index < -0.39 is 0 Å². The third kappa shape index (κ3) is 3.24. The molecule has 1 rings (SSSR count). The van der Waals surface area contributed by atoms with Crippen molar-refractivity contribution in [2.24, 2.45) is 0 Å². The van der Waals surface area contributed by atoms with E-state index in [1.54, 1.807) is 6.92 Å². The van der Waals surface area contributed by atoms with Gasteiger partial charge in [0.1, 0.15) is 0 Å². The summed E-state index contributed by atoms with van der Waals surface area (Å²) in [5.74, 6) is 0.0964. The minimum absolute atomic E-state index is 0.184. The zero-order valence-electron chi connectivity index (χ0n) is 9.00. The lowest BCUT2D eigenvalue weighted by Gasteiger charge is -2.10. The van der Waals surface area contributed by atoms with Gasteiger partial charge in [0, 0.05) is 5.88 Å². The Balaban J connectivity index is 2.73. The normalized spacial score (nSPS) is 12.2. The first-order valence-corrected chi connectivity index (χ1v) is 5.54. The van der Waals surface area contributed by atoms with Crippen LogP contribution in [0.4, 0.5) is 0 Å². The molecule has 2 nitrogen and oxygen atoms in total. The molecule has 0 aliphatic rings. The molecule has 0 saturated carbocycles. The molecule has 1 aromatic rings. The lowest BCUT2D eigenvalue weighted by molar-refractivity contribution is -0.144. The second-order valence-electron chi connectivity index (χ2n) is 3.35. The molecule has 0 heterocycles. The summed E-state index contributed by atoms with van der Waals surface area (Å²) in [7, 11) is 0. The Bertz CT molecular complexity index is 319. The minimum atomic E-state index is -0.214. The maximum absolute atomic E-state index is 11.4. The van der Waals surface area contributed by atoms with E-state index in [2.05, 4.69) is 0 Å². The SMILES string of the molecule is CCOC(=O)[C@@H](C)c1ccc(CCl)cc1. The predicted octanol–water partition coefficient (Wildman–Crippen LogP) is 3.09. The number of carbonyl (C=O) groups is 1. The van der Waals surface area contributed by atoms with Crippen LogP contribution in [0.3, 0.4) is 0 Å². The van der Waals surface area contributed by atoms with Gasteiger partial charge < -0.3 is 4.74 Å². The van der Waals surface area contributed by atoms with Crippen molar-refractivity contribution in [3.8, 4) is 0 Å². The van der Waals surface area contributed by atoms with Gasteiger partial charge in [-0.05, 0) is 25.0 Å². The van der Waals surface area contributed by atoms with E-state index in [1.165, 1.54) is 0 Å². The molecular weight excluding hydrogens is 212 g/mol. The highest BCUT2D eigenvalue weighted by Crippen LogP contribution is 2.18. The Morgan fingerprint density at radius 1 is 1.40 bits per heavy atom. The van der Waals surface area contributed by atoms with Crippen LogP contribution < -0.4 is 0 Å². The van der Waals surface area contributed by atoms with Gasteiger partial charge in [-0.2, -0.15) is 0 Å². The summed E-state index contributed by atoms with van der Waals surface area (Å²) in [6.07, 6.45) is 0. The van der Waals surface area contributed by atoms with Crippen LogP contribution in [0.5, 0.6) is 0 Å². The van der Waals surface area contributed by atoms with E-state index in [4.69, 9.17) is 16.3 Å². The second-order valence-corrected chi connectivity index (χ2v) is 3.62. The fraction of sp³-hybridized carbons (Fsp3) is 0.417. The summed E-state index contributed by atoms with van der Waals surface area (Å²) in [6.45, 7) is 4.07. The van der Waals surface area contributed by atoms with E-state index >= 15 is 0 Å². The van der Waals surface area contributed by atoms with Crippen LogP contribution in [-0.4, -0.2) is 12.6 Å². The lowest BCUT2D eigenvalue weighted by Crippen LogP contribution is -2.12. The minimum Gasteiger partial charge on any atom is -0.466 e. The first-order valence-electron chi connectivity index (χ1n) is 5.00. The van der Waals surface area contributed by atoms with Crippen molar-refractivity contribution in [3.05, 3.63) is 35.4 Å². The van der Waals surface area contributed by atoms with Crippen LogP contribution in [0, 0.1) is 0 Å². The maximum atomic E-state index is 11.4. The van der Waals surface area contributed by atoms with Crippen LogP contribution in [-0.2, 0) is 15.4 Å². The summed E-state index contributed by atoms with van der Waals surface area (Å²) < 4.78 is 4.95. The number of ether oxygens (including phenoxy) is 1. The summed E-state index contributed by atoms with van der Waals surface area (Å²) in [6, 6.07) is 7.69. The zero-order chi connectivity index (χ0) is 11.3. The monoisotopic (exact) mass is 226 g/mol. The summed E-state index contributed by atoms with van der Waals surface area (Å²) in [5, 5.41) is 0. The van der Waals surface area contributed by atoms with Crippen molar-refractivity contribution in [3.63, 3.8) is 0 Å². The van der Waals surface area contributed by atoms with Crippen molar-refractivity contribution >= 4 is 17.6 Å². The van der Waals surface area contributed by atoms with Crippen molar-refractivity contribution in [1.82, 2.24) is 0 Å². The van der Waals surface area contributed by atoms with Gasteiger partial charge >= 0.3 is 5.97 Å². The summed E-state index contributed by atoms with van der Waals surface area (Å²) >= 11 is 5.68. The third-order valence-corrected chi connectivity index (χ3v) is 2.58. The summed E-state index contributed by atoms with van der Waals surface area (Å²) in [4.78, 5) is 11.4. The maximum Gasteiger partial charge on any atom is 0.313 e. The highest BCUT2D eigenvalue weighted by Gasteiger charge is 2.15. The highest BCUT2D eigenvalue weighted by molar-refractivity contribution is 6.17. The Morgan fingerprint density at radius 3 is 2.47 bits per heavy atom. The molecule has 3 heteroatoms. The van der Waals surface area contributed by atoms with Crippen LogP contribution in [0.25, 0.3) is 0 Å². The van der Waals surface area contributed by atoms with Gasteiger partial charge in [0.25, 0.3) is 0 Å². The number of halogens is 1. The highest BCUT2D eigenvalue weighted by atomic mass is 35.5. The van der Waals surface area contributed by atoms with Crippen LogP contribution in [0.1, 0.15) is 30.9 Å². The van der Waals surface area contributed by atoms with Gasteiger partial charge in [-0.25, -0.2) is 0 Å². The fourth-order valence-corrected chi connectivity index (χ4v) is 1.48. The van der Waals surface area contributed by atoms with Crippen molar-refractivity contribution in [1.29, 1.82) is 0 Å². The molecule has 1 atom stereocenters. The first-order chi connectivity index (χ1) is 7.19. The van der Waals surface area contributed by atoms with Crippen LogP contribution >= 0.6 is 11.6 Å². The Kier molecular flexibility index (Phi) is 4.63. The number of rotatable bonds is 4. The molecule has 0 N–H and O–H groups in total. The first kappa shape index (κ1) is 12.1. The third-order valence-electron chi connectivity index (χ3n) is 2.27. The Labute approximate surface area is 95.2 Å². The fourth-order valence-electron chi connectivity index (χ4n) is 1.30. The van der Waals surface area contributed by atoms with E-state index in [-0.39, 0.29) is 11.9 Å². The molecule has 15 heavy (non-hydrogen) atoms. The largest absolute Gasteiger partial charge is 0.466 e. The second kappa shape index (κ2) is 5.76. The molecule has 0 unspecified atom stereocenters. The van der Waals surface area contributed by atoms with Gasteiger partial charge in [0.2, 0.25) is 0 Å². The summed E-state index contributed by atoms with van der Waals surface area (Å²) in [5.41, 5.74) is 2.01. The Hall–Kier alpha value is -1.02. The molecule has 0 aromatic heterocycles. The average Bonchev–Trinajstić information content (AvgIpc) is 2.28. The number of benzene rings is 1. The van der Waals surface area contributed by atoms with E-state index in [9.17, 15) is 4.79 Å². The molecule has 0 aliphatic carbocycles. The zero-order valence-corrected chi connectivity index (χ0v) is 9.75. The number of hydrogen-bond acceptors (Lipinski definition) is 2. The van der Waals surface area contributed by atoms with E-state index in [1.807, 2.05) is 31.2 Å². The molecular formula is C12H15ClO2. The quantitative estimate of drug-likeness (QED) is 0.583. The molecule has 0 saturated heterocycles. The van der Waals surface area contributed by atoms with Crippen LogP contribution in [0.15, 0.2) is 24.3 Å². The molecule has 0 aliphatic heterocycles. The van der Waals surface area contributed by atoms with Crippen LogP contribution in [0.2, 0.25) is 0 Å². The van der Waals surface area contributed by atoms with Crippen molar-refractivity contribution < 1.29 is 9.53 Å². The van der Waals surface area contributed by atoms with Gasteiger partial charge in [-0.15, -0.1) is 11.6 Å². The molecule has 0 fully saturated rings. The predicted molar refractivity (Wildman–Crippen MR) is 61.0 cm³/mol. The van der Waals surface area contributed by atoms with Gasteiger partial charge in [-0.1, -0.05) is 24.3 Å². The number of hydrogen-bond donors (Lipinski definition) is 0. The lowest BCUT2D eigenvalue weighted by atomic mass is 10.0. The molecule has 0 amide bonds. The molecule has 0 spiro atoms. The number of carbonyl (C=O) groups excluding carboxylic acids is 1. The van der Waals surface area contributed by atoms with Gasteiger partial charge in [-0.3, -0.25) is 4.79 Å². The van der Waals surface area contributed by atoms with Gasteiger partial charge in [0.15, 0.2) is 0 Å². The Morgan fingerprint density at radius 2 is 2.00 bits per heavy atom.